The van der Waals surface area contributed by atoms with E-state index in [9.17, 15) is 14.4 Å². The molecule has 3 amide bonds. The van der Waals surface area contributed by atoms with Gasteiger partial charge in [0, 0.05) is 18.7 Å². The van der Waals surface area contributed by atoms with Crippen molar-refractivity contribution in [2.45, 2.75) is 25.3 Å². The van der Waals surface area contributed by atoms with Crippen LogP contribution in [0.15, 0.2) is 30.3 Å². The van der Waals surface area contributed by atoms with Gasteiger partial charge in [0.15, 0.2) is 0 Å². The summed E-state index contributed by atoms with van der Waals surface area (Å²) >= 11 is 0. The fraction of sp³-hybridized carbons (Fsp3) is 0.444. The van der Waals surface area contributed by atoms with Crippen molar-refractivity contribution in [2.24, 2.45) is 5.92 Å². The van der Waals surface area contributed by atoms with Crippen LogP contribution in [0.3, 0.4) is 0 Å². The minimum atomic E-state index is -0.941. The van der Waals surface area contributed by atoms with Crippen LogP contribution in [-0.4, -0.2) is 53.6 Å². The average Bonchev–Trinajstić information content (AvgIpc) is 2.66. The molecule has 0 aliphatic carbocycles. The third-order valence-corrected chi connectivity index (χ3v) is 4.45. The molecule has 1 aliphatic rings. The largest absolute Gasteiger partial charge is 0.465 e. The molecule has 3 N–H and O–H groups in total. The Bertz CT molecular complexity index is 678. The molecule has 0 saturated carbocycles. The second kappa shape index (κ2) is 9.42. The summed E-state index contributed by atoms with van der Waals surface area (Å²) in [5.74, 6) is -0.637. The molecule has 1 aliphatic heterocycles. The summed E-state index contributed by atoms with van der Waals surface area (Å²) in [5, 5.41) is 22.9. The fourth-order valence-corrected chi connectivity index (χ4v) is 3.01. The molecular formula is C18H22N4O4. The van der Waals surface area contributed by atoms with E-state index in [0.717, 1.165) is 0 Å². The number of nitrogens with one attached hydrogen (secondary N) is 2. The maximum atomic E-state index is 12.4. The van der Waals surface area contributed by atoms with Crippen molar-refractivity contribution in [3.8, 4) is 6.07 Å². The number of carboxylic acid groups (broad SMARTS) is 1. The molecule has 2 rings (SSSR count). The second-order valence-electron chi connectivity index (χ2n) is 6.22. The van der Waals surface area contributed by atoms with E-state index < -0.39 is 18.0 Å². The molecule has 1 atom stereocenters. The zero-order valence-corrected chi connectivity index (χ0v) is 14.4. The second-order valence-corrected chi connectivity index (χ2v) is 6.22. The molecule has 26 heavy (non-hydrogen) atoms. The van der Waals surface area contributed by atoms with Crippen molar-refractivity contribution in [3.63, 3.8) is 0 Å². The smallest absolute Gasteiger partial charge is 0.407 e. The molecule has 1 fully saturated rings. The monoisotopic (exact) mass is 358 g/mol. The van der Waals surface area contributed by atoms with Gasteiger partial charge in [-0.15, -0.1) is 0 Å². The molecule has 1 aromatic carbocycles. The zero-order chi connectivity index (χ0) is 18.9. The van der Waals surface area contributed by atoms with Gasteiger partial charge in [-0.3, -0.25) is 9.59 Å². The van der Waals surface area contributed by atoms with Crippen LogP contribution in [0.1, 0.15) is 29.6 Å². The number of hydrogen-bond donors (Lipinski definition) is 3. The molecule has 8 heteroatoms. The van der Waals surface area contributed by atoms with Gasteiger partial charge in [-0.05, 0) is 37.3 Å². The standard InChI is InChI=1S/C18H22N4O4/c19-8-9-20-17(24)15(21-16(23)14-4-2-1-3-5-14)12-13-6-10-22(11-7-13)18(25)26/h1-5,13,15H,6-7,9-12H2,(H,20,24)(H,21,23)(H,25,26)/t15-/m0/s1. The van der Waals surface area contributed by atoms with Crippen LogP contribution in [0.4, 0.5) is 4.79 Å². The van der Waals surface area contributed by atoms with Crippen molar-refractivity contribution < 1.29 is 19.5 Å². The summed E-state index contributed by atoms with van der Waals surface area (Å²) < 4.78 is 0. The third-order valence-electron chi connectivity index (χ3n) is 4.45. The predicted molar refractivity (Wildman–Crippen MR) is 93.3 cm³/mol. The number of benzene rings is 1. The number of amides is 3. The van der Waals surface area contributed by atoms with Crippen molar-refractivity contribution in [3.05, 3.63) is 35.9 Å². The summed E-state index contributed by atoms with van der Waals surface area (Å²) in [6.45, 7) is 0.701. The number of nitriles is 1. The van der Waals surface area contributed by atoms with Gasteiger partial charge in [0.1, 0.15) is 12.6 Å². The van der Waals surface area contributed by atoms with Crippen molar-refractivity contribution in [1.82, 2.24) is 15.5 Å². The van der Waals surface area contributed by atoms with Crippen molar-refractivity contribution in [2.75, 3.05) is 19.6 Å². The van der Waals surface area contributed by atoms with Crippen LogP contribution in [0, 0.1) is 17.2 Å². The van der Waals surface area contributed by atoms with Gasteiger partial charge in [-0.25, -0.2) is 4.79 Å². The number of hydrogen-bond acceptors (Lipinski definition) is 4. The molecule has 8 nitrogen and oxygen atoms in total. The van der Waals surface area contributed by atoms with E-state index in [2.05, 4.69) is 10.6 Å². The Morgan fingerprint density at radius 2 is 1.88 bits per heavy atom. The highest BCUT2D eigenvalue weighted by molar-refractivity contribution is 5.97. The van der Waals surface area contributed by atoms with E-state index in [1.165, 1.54) is 4.90 Å². The van der Waals surface area contributed by atoms with Gasteiger partial charge < -0.3 is 20.6 Å². The maximum absolute atomic E-state index is 12.4. The molecule has 0 radical (unpaired) electrons. The summed E-state index contributed by atoms with van der Waals surface area (Å²) in [7, 11) is 0. The number of nitrogens with zero attached hydrogens (tertiary/aromatic N) is 2. The minimum Gasteiger partial charge on any atom is -0.465 e. The molecular weight excluding hydrogens is 336 g/mol. The van der Waals surface area contributed by atoms with Crippen molar-refractivity contribution in [1.29, 1.82) is 5.26 Å². The van der Waals surface area contributed by atoms with E-state index in [4.69, 9.17) is 10.4 Å². The minimum absolute atomic E-state index is 0.125. The molecule has 1 saturated heterocycles. The zero-order valence-electron chi connectivity index (χ0n) is 14.4. The lowest BCUT2D eigenvalue weighted by Gasteiger charge is -2.31. The van der Waals surface area contributed by atoms with E-state index >= 15 is 0 Å². The SMILES string of the molecule is N#CCNC(=O)[C@H](CC1CCN(C(=O)O)CC1)NC(=O)c1ccccc1. The molecule has 0 bridgehead atoms. The summed E-state index contributed by atoms with van der Waals surface area (Å²) in [6.07, 6.45) is 0.734. The Morgan fingerprint density at radius 1 is 1.23 bits per heavy atom. The quantitative estimate of drug-likeness (QED) is 0.660. The number of carbonyl (C=O) groups excluding carboxylic acids is 2. The Balaban J connectivity index is 2.00. The lowest BCUT2D eigenvalue weighted by atomic mass is 9.90. The predicted octanol–water partition coefficient (Wildman–Crippen LogP) is 1.20. The van der Waals surface area contributed by atoms with Gasteiger partial charge in [0.25, 0.3) is 5.91 Å². The summed E-state index contributed by atoms with van der Waals surface area (Å²) in [4.78, 5) is 37.0. The summed E-state index contributed by atoms with van der Waals surface area (Å²) in [6, 6.07) is 9.66. The molecule has 0 unspecified atom stereocenters. The van der Waals surface area contributed by atoms with E-state index in [1.807, 2.05) is 6.07 Å². The van der Waals surface area contributed by atoms with E-state index in [0.29, 0.717) is 37.9 Å². The van der Waals surface area contributed by atoms with Crippen LogP contribution >= 0.6 is 0 Å². The normalized spacial score (nSPS) is 15.6. The first kappa shape index (κ1) is 19.2. The maximum Gasteiger partial charge on any atom is 0.407 e. The molecule has 1 heterocycles. The number of carbonyl (C=O) groups is 3. The van der Waals surface area contributed by atoms with E-state index in [-0.39, 0.29) is 18.4 Å². The van der Waals surface area contributed by atoms with Crippen LogP contribution in [-0.2, 0) is 4.79 Å². The number of piperidine rings is 1. The van der Waals surface area contributed by atoms with Crippen LogP contribution in [0.25, 0.3) is 0 Å². The van der Waals surface area contributed by atoms with Crippen LogP contribution in [0.5, 0.6) is 0 Å². The Morgan fingerprint density at radius 3 is 2.46 bits per heavy atom. The lowest BCUT2D eigenvalue weighted by Crippen LogP contribution is -2.49. The lowest BCUT2D eigenvalue weighted by molar-refractivity contribution is -0.123. The highest BCUT2D eigenvalue weighted by atomic mass is 16.4. The van der Waals surface area contributed by atoms with E-state index in [1.54, 1.807) is 30.3 Å². The fourth-order valence-electron chi connectivity index (χ4n) is 3.01. The molecule has 0 spiro atoms. The first-order valence-electron chi connectivity index (χ1n) is 8.49. The van der Waals surface area contributed by atoms with Gasteiger partial charge in [0.2, 0.25) is 5.91 Å². The number of likely N-dealkylation sites (tertiary alicyclic amines) is 1. The van der Waals surface area contributed by atoms with Gasteiger partial charge in [-0.1, -0.05) is 18.2 Å². The first-order chi connectivity index (χ1) is 12.5. The molecule has 1 aromatic rings. The van der Waals surface area contributed by atoms with Gasteiger partial charge in [0.05, 0.1) is 6.07 Å². The van der Waals surface area contributed by atoms with Crippen LogP contribution < -0.4 is 10.6 Å². The Labute approximate surface area is 151 Å². The van der Waals surface area contributed by atoms with Gasteiger partial charge in [-0.2, -0.15) is 5.26 Å². The molecule has 0 aromatic heterocycles. The Kier molecular flexibility index (Phi) is 6.97. The van der Waals surface area contributed by atoms with Gasteiger partial charge >= 0.3 is 6.09 Å². The highest BCUT2D eigenvalue weighted by Crippen LogP contribution is 2.22. The third kappa shape index (κ3) is 5.48. The average molecular weight is 358 g/mol. The van der Waals surface area contributed by atoms with Crippen molar-refractivity contribution >= 4 is 17.9 Å². The van der Waals surface area contributed by atoms with Crippen LogP contribution in [0.2, 0.25) is 0 Å². The molecule has 138 valence electrons. The first-order valence-corrected chi connectivity index (χ1v) is 8.49. The summed E-state index contributed by atoms with van der Waals surface area (Å²) in [5.41, 5.74) is 0.450. The highest BCUT2D eigenvalue weighted by Gasteiger charge is 2.28. The Hall–Kier alpha value is -3.08. The number of rotatable bonds is 6. The topological polar surface area (TPSA) is 123 Å².